The van der Waals surface area contributed by atoms with Crippen molar-refractivity contribution in [1.82, 2.24) is 0 Å². The maximum atomic E-state index is 12.9. The largest absolute Gasteiger partial charge is 0.481 e. The van der Waals surface area contributed by atoms with Crippen molar-refractivity contribution >= 4 is 11.7 Å². The summed E-state index contributed by atoms with van der Waals surface area (Å²) in [6.07, 6.45) is -4.51. The van der Waals surface area contributed by atoms with Gasteiger partial charge in [-0.25, -0.2) is 0 Å². The third-order valence-corrected chi connectivity index (χ3v) is 2.65. The van der Waals surface area contributed by atoms with Crippen LogP contribution in [0.1, 0.15) is 30.9 Å². The second-order valence-corrected chi connectivity index (χ2v) is 4.35. The molecule has 20 heavy (non-hydrogen) atoms. The molecule has 0 saturated heterocycles. The fourth-order valence-electron chi connectivity index (χ4n) is 1.65. The molecule has 0 bridgehead atoms. The molecule has 0 aliphatic heterocycles. The maximum Gasteiger partial charge on any atom is 0.418 e. The number of carboxylic acid groups (broad SMARTS) is 1. The number of carboxylic acids is 1. The summed E-state index contributed by atoms with van der Waals surface area (Å²) in [6, 6.07) is 4.45. The molecule has 2 N–H and O–H groups in total. The average Bonchev–Trinajstić information content (AvgIpc) is 2.35. The topological polar surface area (TPSA) is 73.1 Å². The van der Waals surface area contributed by atoms with Crippen molar-refractivity contribution in [1.29, 1.82) is 5.26 Å². The molecule has 0 amide bonds. The Labute approximate surface area is 113 Å². The standard InChI is InChI=1S/C13H13F3N2O2/c1-8(2-5-12(19)20)18-11-4-3-9(7-17)6-10(11)13(14,15)16/h3-4,6,8,18H,2,5H2,1H3,(H,19,20). The van der Waals surface area contributed by atoms with E-state index in [2.05, 4.69) is 5.32 Å². The molecule has 7 heteroatoms. The van der Waals surface area contributed by atoms with Crippen molar-refractivity contribution in [3.05, 3.63) is 29.3 Å². The van der Waals surface area contributed by atoms with Gasteiger partial charge in [-0.15, -0.1) is 0 Å². The minimum absolute atomic E-state index is 0.0823. The van der Waals surface area contributed by atoms with Gasteiger partial charge in [-0.3, -0.25) is 4.79 Å². The van der Waals surface area contributed by atoms with Crippen LogP contribution in [0, 0.1) is 11.3 Å². The van der Waals surface area contributed by atoms with Gasteiger partial charge in [0.1, 0.15) is 0 Å². The number of hydrogen-bond donors (Lipinski definition) is 2. The number of nitrogens with one attached hydrogen (secondary N) is 1. The highest BCUT2D eigenvalue weighted by molar-refractivity contribution is 5.66. The minimum atomic E-state index is -4.58. The molecule has 1 aromatic carbocycles. The predicted octanol–water partition coefficient (Wildman–Crippen LogP) is 3.24. The van der Waals surface area contributed by atoms with E-state index in [9.17, 15) is 18.0 Å². The Hall–Kier alpha value is -2.23. The highest BCUT2D eigenvalue weighted by Crippen LogP contribution is 2.35. The van der Waals surface area contributed by atoms with Gasteiger partial charge in [0.15, 0.2) is 0 Å². The molecule has 0 fully saturated rings. The van der Waals surface area contributed by atoms with E-state index in [1.165, 1.54) is 12.1 Å². The molecule has 108 valence electrons. The van der Waals surface area contributed by atoms with E-state index in [-0.39, 0.29) is 24.1 Å². The van der Waals surface area contributed by atoms with Gasteiger partial charge in [0.2, 0.25) is 0 Å². The summed E-state index contributed by atoms with van der Waals surface area (Å²) in [5, 5.41) is 19.8. The highest BCUT2D eigenvalue weighted by atomic mass is 19.4. The van der Waals surface area contributed by atoms with Gasteiger partial charge in [-0.2, -0.15) is 18.4 Å². The summed E-state index contributed by atoms with van der Waals surface area (Å²) in [4.78, 5) is 10.4. The van der Waals surface area contributed by atoms with Crippen molar-refractivity contribution in [2.75, 3.05) is 5.32 Å². The van der Waals surface area contributed by atoms with Crippen LogP contribution in [0.25, 0.3) is 0 Å². The smallest absolute Gasteiger partial charge is 0.418 e. The zero-order valence-corrected chi connectivity index (χ0v) is 10.7. The molecule has 0 heterocycles. The number of hydrogen-bond acceptors (Lipinski definition) is 3. The van der Waals surface area contributed by atoms with Crippen LogP contribution < -0.4 is 5.32 Å². The SMILES string of the molecule is CC(CCC(=O)O)Nc1ccc(C#N)cc1C(F)(F)F. The number of benzene rings is 1. The first-order valence-corrected chi connectivity index (χ1v) is 5.83. The monoisotopic (exact) mass is 286 g/mol. The Morgan fingerprint density at radius 3 is 2.65 bits per heavy atom. The molecule has 0 aliphatic rings. The number of nitrogens with zero attached hydrogens (tertiary/aromatic N) is 1. The molecule has 1 rings (SSSR count). The van der Waals surface area contributed by atoms with Crippen LogP contribution in [-0.2, 0) is 11.0 Å². The van der Waals surface area contributed by atoms with Crippen molar-refractivity contribution < 1.29 is 23.1 Å². The van der Waals surface area contributed by atoms with Gasteiger partial charge in [-0.1, -0.05) is 0 Å². The quantitative estimate of drug-likeness (QED) is 0.871. The van der Waals surface area contributed by atoms with Crippen molar-refractivity contribution in [3.63, 3.8) is 0 Å². The number of nitriles is 1. The van der Waals surface area contributed by atoms with Crippen LogP contribution in [0.2, 0.25) is 0 Å². The molecule has 0 spiro atoms. The van der Waals surface area contributed by atoms with Crippen molar-refractivity contribution in [2.24, 2.45) is 0 Å². The van der Waals surface area contributed by atoms with E-state index in [0.29, 0.717) is 0 Å². The number of aliphatic carboxylic acids is 1. The van der Waals surface area contributed by atoms with E-state index in [4.69, 9.17) is 10.4 Å². The lowest BCUT2D eigenvalue weighted by atomic mass is 10.1. The molecule has 0 saturated carbocycles. The first-order valence-electron chi connectivity index (χ1n) is 5.83. The third kappa shape index (κ3) is 4.46. The molecule has 0 radical (unpaired) electrons. The number of alkyl halides is 3. The minimum Gasteiger partial charge on any atom is -0.481 e. The van der Waals surface area contributed by atoms with E-state index in [0.717, 1.165) is 6.07 Å². The summed E-state index contributed by atoms with van der Waals surface area (Å²) >= 11 is 0. The molecule has 1 atom stereocenters. The number of halogens is 3. The van der Waals surface area contributed by atoms with Crippen LogP contribution in [0.3, 0.4) is 0 Å². The Morgan fingerprint density at radius 2 is 2.15 bits per heavy atom. The Bertz CT molecular complexity index is 535. The molecule has 1 aromatic rings. The lowest BCUT2D eigenvalue weighted by Gasteiger charge is -2.19. The lowest BCUT2D eigenvalue weighted by molar-refractivity contribution is -0.138. The second-order valence-electron chi connectivity index (χ2n) is 4.35. The normalized spacial score (nSPS) is 12.6. The van der Waals surface area contributed by atoms with Crippen LogP contribution in [0.5, 0.6) is 0 Å². The fraction of sp³-hybridized carbons (Fsp3) is 0.385. The van der Waals surface area contributed by atoms with E-state index in [1.54, 1.807) is 13.0 Å². The first-order chi connectivity index (χ1) is 9.24. The molecular formula is C13H13F3N2O2. The van der Waals surface area contributed by atoms with Crippen molar-refractivity contribution in [2.45, 2.75) is 32.0 Å². The van der Waals surface area contributed by atoms with Gasteiger partial charge in [0.05, 0.1) is 17.2 Å². The van der Waals surface area contributed by atoms with Crippen LogP contribution in [0.4, 0.5) is 18.9 Å². The zero-order chi connectivity index (χ0) is 15.3. The molecule has 0 aromatic heterocycles. The molecule has 0 aliphatic carbocycles. The Balaban J connectivity index is 2.95. The van der Waals surface area contributed by atoms with Crippen molar-refractivity contribution in [3.8, 4) is 6.07 Å². The third-order valence-electron chi connectivity index (χ3n) is 2.65. The van der Waals surface area contributed by atoms with Crippen LogP contribution in [-0.4, -0.2) is 17.1 Å². The predicted molar refractivity (Wildman–Crippen MR) is 66.1 cm³/mol. The van der Waals surface area contributed by atoms with Gasteiger partial charge in [-0.05, 0) is 31.5 Å². The maximum absolute atomic E-state index is 12.9. The number of rotatable bonds is 5. The molecule has 4 nitrogen and oxygen atoms in total. The summed E-state index contributed by atoms with van der Waals surface area (Å²) in [5.74, 6) is -1.01. The first kappa shape index (κ1) is 15.8. The van der Waals surface area contributed by atoms with Gasteiger partial charge < -0.3 is 10.4 Å². The van der Waals surface area contributed by atoms with E-state index < -0.39 is 23.8 Å². The van der Waals surface area contributed by atoms with Gasteiger partial charge >= 0.3 is 12.1 Å². The van der Waals surface area contributed by atoms with Crippen LogP contribution in [0.15, 0.2) is 18.2 Å². The molecule has 1 unspecified atom stereocenters. The van der Waals surface area contributed by atoms with Gasteiger partial charge in [0, 0.05) is 18.2 Å². The summed E-state index contributed by atoms with van der Waals surface area (Å²) in [7, 11) is 0. The van der Waals surface area contributed by atoms with E-state index in [1.807, 2.05) is 0 Å². The van der Waals surface area contributed by atoms with E-state index >= 15 is 0 Å². The average molecular weight is 286 g/mol. The second kappa shape index (κ2) is 6.28. The zero-order valence-electron chi connectivity index (χ0n) is 10.7. The Kier molecular flexibility index (Phi) is 4.97. The lowest BCUT2D eigenvalue weighted by Crippen LogP contribution is -2.20. The Morgan fingerprint density at radius 1 is 1.50 bits per heavy atom. The summed E-state index contributed by atoms with van der Waals surface area (Å²) < 4.78 is 38.7. The number of carbonyl (C=O) groups is 1. The van der Waals surface area contributed by atoms with Gasteiger partial charge in [0.25, 0.3) is 0 Å². The highest BCUT2D eigenvalue weighted by Gasteiger charge is 2.34. The van der Waals surface area contributed by atoms with Crippen LogP contribution >= 0.6 is 0 Å². The number of anilines is 1. The summed E-state index contributed by atoms with van der Waals surface area (Å²) in [6.45, 7) is 1.60. The summed E-state index contributed by atoms with van der Waals surface area (Å²) in [5.41, 5.74) is -1.17. The molecular weight excluding hydrogens is 273 g/mol. The fourth-order valence-corrected chi connectivity index (χ4v) is 1.65.